The van der Waals surface area contributed by atoms with E-state index in [0.29, 0.717) is 5.56 Å². The molecule has 3 heteroatoms. The molecular formula is C13H14O3. The zero-order valence-electron chi connectivity index (χ0n) is 9.93. The standard InChI is InChI=1S/C13H14O3/c1-6-7(2)9(4)12-10(8(6)3)5-11(14)16-13(12)15/h5H2,1-4H3. The lowest BCUT2D eigenvalue weighted by Crippen LogP contribution is -2.25. The largest absolute Gasteiger partial charge is 0.389 e. The van der Waals surface area contributed by atoms with Crippen LogP contribution in [0.25, 0.3) is 0 Å². The van der Waals surface area contributed by atoms with Crippen molar-refractivity contribution >= 4 is 11.9 Å². The Morgan fingerprint density at radius 3 is 2.06 bits per heavy atom. The minimum Gasteiger partial charge on any atom is -0.389 e. The number of ether oxygens (including phenoxy) is 1. The van der Waals surface area contributed by atoms with E-state index in [2.05, 4.69) is 4.74 Å². The third-order valence-corrected chi connectivity index (χ3v) is 3.55. The van der Waals surface area contributed by atoms with Gasteiger partial charge in [0.2, 0.25) is 0 Å². The Morgan fingerprint density at radius 2 is 1.44 bits per heavy atom. The molecule has 0 unspecified atom stereocenters. The first kappa shape index (κ1) is 10.9. The fourth-order valence-corrected chi connectivity index (χ4v) is 2.22. The van der Waals surface area contributed by atoms with Crippen molar-refractivity contribution in [1.82, 2.24) is 0 Å². The molecule has 0 saturated heterocycles. The summed E-state index contributed by atoms with van der Waals surface area (Å²) in [5.74, 6) is -0.960. The molecule has 1 heterocycles. The summed E-state index contributed by atoms with van der Waals surface area (Å²) >= 11 is 0. The highest BCUT2D eigenvalue weighted by atomic mass is 16.6. The highest BCUT2D eigenvalue weighted by Crippen LogP contribution is 2.30. The smallest absolute Gasteiger partial charge is 0.346 e. The predicted octanol–water partition coefficient (Wildman–Crippen LogP) is 2.16. The van der Waals surface area contributed by atoms with Gasteiger partial charge in [0, 0.05) is 0 Å². The van der Waals surface area contributed by atoms with E-state index in [1.807, 2.05) is 27.7 Å². The Hall–Kier alpha value is -1.64. The van der Waals surface area contributed by atoms with Gasteiger partial charge in [-0.1, -0.05) is 0 Å². The van der Waals surface area contributed by atoms with Crippen molar-refractivity contribution in [1.29, 1.82) is 0 Å². The Kier molecular flexibility index (Phi) is 2.34. The molecule has 0 aliphatic carbocycles. The number of cyclic esters (lactones) is 2. The first-order chi connectivity index (χ1) is 7.43. The number of esters is 2. The molecule has 0 radical (unpaired) electrons. The lowest BCUT2D eigenvalue weighted by atomic mass is 9.86. The Morgan fingerprint density at radius 1 is 0.875 bits per heavy atom. The minimum atomic E-state index is -0.505. The van der Waals surface area contributed by atoms with Crippen molar-refractivity contribution in [3.63, 3.8) is 0 Å². The number of fused-ring (bicyclic) bond motifs is 1. The van der Waals surface area contributed by atoms with Crippen LogP contribution in [0.15, 0.2) is 0 Å². The molecule has 0 fully saturated rings. The molecule has 0 aromatic heterocycles. The lowest BCUT2D eigenvalue weighted by molar-refractivity contribution is -0.137. The molecule has 1 aliphatic rings. The molecule has 84 valence electrons. The number of hydrogen-bond acceptors (Lipinski definition) is 3. The normalized spacial score (nSPS) is 14.8. The average Bonchev–Trinajstić information content (AvgIpc) is 2.22. The molecule has 0 atom stereocenters. The van der Waals surface area contributed by atoms with Gasteiger partial charge in [-0.05, 0) is 55.5 Å². The summed E-state index contributed by atoms with van der Waals surface area (Å²) in [7, 11) is 0. The summed E-state index contributed by atoms with van der Waals surface area (Å²) < 4.78 is 4.67. The third-order valence-electron chi connectivity index (χ3n) is 3.55. The molecule has 0 N–H and O–H groups in total. The van der Waals surface area contributed by atoms with E-state index >= 15 is 0 Å². The van der Waals surface area contributed by atoms with Gasteiger partial charge in [-0.2, -0.15) is 0 Å². The fraction of sp³-hybridized carbons (Fsp3) is 0.385. The van der Waals surface area contributed by atoms with E-state index in [-0.39, 0.29) is 6.42 Å². The van der Waals surface area contributed by atoms with Gasteiger partial charge in [0.05, 0.1) is 12.0 Å². The van der Waals surface area contributed by atoms with Crippen LogP contribution in [0.4, 0.5) is 0 Å². The highest BCUT2D eigenvalue weighted by molar-refractivity contribution is 6.04. The topological polar surface area (TPSA) is 43.4 Å². The van der Waals surface area contributed by atoms with E-state index in [9.17, 15) is 9.59 Å². The van der Waals surface area contributed by atoms with Crippen LogP contribution in [0.3, 0.4) is 0 Å². The monoisotopic (exact) mass is 218 g/mol. The highest BCUT2D eigenvalue weighted by Gasteiger charge is 2.29. The zero-order valence-corrected chi connectivity index (χ0v) is 9.93. The summed E-state index contributed by atoms with van der Waals surface area (Å²) in [6.45, 7) is 7.86. The molecule has 16 heavy (non-hydrogen) atoms. The molecule has 0 amide bonds. The molecule has 1 aromatic carbocycles. The van der Waals surface area contributed by atoms with Crippen LogP contribution in [0.5, 0.6) is 0 Å². The number of carbonyl (C=O) groups is 2. The second-order valence-electron chi connectivity index (χ2n) is 4.29. The van der Waals surface area contributed by atoms with Gasteiger partial charge in [-0.25, -0.2) is 4.79 Å². The van der Waals surface area contributed by atoms with Crippen LogP contribution in [0.2, 0.25) is 0 Å². The lowest BCUT2D eigenvalue weighted by Gasteiger charge is -2.22. The summed E-state index contributed by atoms with van der Waals surface area (Å²) in [6, 6.07) is 0. The molecule has 3 nitrogen and oxygen atoms in total. The van der Waals surface area contributed by atoms with Gasteiger partial charge >= 0.3 is 11.9 Å². The van der Waals surface area contributed by atoms with Crippen molar-refractivity contribution < 1.29 is 14.3 Å². The molecule has 1 aromatic rings. The minimum absolute atomic E-state index is 0.203. The van der Waals surface area contributed by atoms with E-state index in [1.54, 1.807) is 0 Å². The molecule has 1 aliphatic heterocycles. The Labute approximate surface area is 94.4 Å². The Bertz CT molecular complexity index is 513. The van der Waals surface area contributed by atoms with Crippen LogP contribution in [-0.4, -0.2) is 11.9 Å². The van der Waals surface area contributed by atoms with Crippen LogP contribution < -0.4 is 0 Å². The van der Waals surface area contributed by atoms with Gasteiger partial charge in [0.1, 0.15) is 0 Å². The number of hydrogen-bond donors (Lipinski definition) is 0. The fourth-order valence-electron chi connectivity index (χ4n) is 2.22. The number of rotatable bonds is 0. The van der Waals surface area contributed by atoms with Gasteiger partial charge in [-0.15, -0.1) is 0 Å². The maximum atomic E-state index is 11.7. The first-order valence-corrected chi connectivity index (χ1v) is 5.27. The van der Waals surface area contributed by atoms with E-state index in [4.69, 9.17) is 0 Å². The number of benzene rings is 1. The van der Waals surface area contributed by atoms with Crippen molar-refractivity contribution in [3.05, 3.63) is 33.4 Å². The predicted molar refractivity (Wildman–Crippen MR) is 59.5 cm³/mol. The van der Waals surface area contributed by atoms with Crippen molar-refractivity contribution in [2.24, 2.45) is 0 Å². The second kappa shape index (κ2) is 3.44. The molecule has 0 spiro atoms. The summed E-state index contributed by atoms with van der Waals surface area (Å²) in [5, 5.41) is 0. The van der Waals surface area contributed by atoms with Crippen LogP contribution in [-0.2, 0) is 16.0 Å². The zero-order chi connectivity index (χ0) is 12.0. The van der Waals surface area contributed by atoms with Gasteiger partial charge in [0.15, 0.2) is 0 Å². The van der Waals surface area contributed by atoms with Crippen LogP contribution in [0.1, 0.15) is 38.2 Å². The molecule has 2 rings (SSSR count). The maximum absolute atomic E-state index is 11.7. The Balaban J connectivity index is 2.81. The van der Waals surface area contributed by atoms with Crippen molar-refractivity contribution in [2.75, 3.05) is 0 Å². The van der Waals surface area contributed by atoms with Crippen LogP contribution >= 0.6 is 0 Å². The van der Waals surface area contributed by atoms with Gasteiger partial charge in [-0.3, -0.25) is 4.79 Å². The van der Waals surface area contributed by atoms with Crippen molar-refractivity contribution in [2.45, 2.75) is 34.1 Å². The first-order valence-electron chi connectivity index (χ1n) is 5.27. The quantitative estimate of drug-likeness (QED) is 0.495. The molecular weight excluding hydrogens is 204 g/mol. The average molecular weight is 218 g/mol. The second-order valence-corrected chi connectivity index (χ2v) is 4.29. The maximum Gasteiger partial charge on any atom is 0.346 e. The molecule has 0 saturated carbocycles. The summed E-state index contributed by atoms with van der Waals surface area (Å²) in [4.78, 5) is 22.9. The molecule has 0 bridgehead atoms. The van der Waals surface area contributed by atoms with Crippen molar-refractivity contribution in [3.8, 4) is 0 Å². The summed E-state index contributed by atoms with van der Waals surface area (Å²) in [5.41, 5.74) is 5.63. The van der Waals surface area contributed by atoms with Gasteiger partial charge in [0.25, 0.3) is 0 Å². The SMILES string of the molecule is Cc1c(C)c(C)c2c(c1C)CC(=O)OC2=O. The third kappa shape index (κ3) is 1.35. The summed E-state index contributed by atoms with van der Waals surface area (Å²) in [6.07, 6.45) is 0.203. The van der Waals surface area contributed by atoms with Gasteiger partial charge < -0.3 is 4.74 Å². The number of carbonyl (C=O) groups excluding carboxylic acids is 2. The van der Waals surface area contributed by atoms with E-state index < -0.39 is 11.9 Å². The van der Waals surface area contributed by atoms with E-state index in [1.165, 1.54) is 0 Å². The van der Waals surface area contributed by atoms with E-state index in [0.717, 1.165) is 27.8 Å². The van der Waals surface area contributed by atoms with Crippen LogP contribution in [0, 0.1) is 27.7 Å².